The number of alkyl halides is 3. The van der Waals surface area contributed by atoms with Gasteiger partial charge >= 0.3 is 6.18 Å². The first-order valence-corrected chi connectivity index (χ1v) is 17.9. The van der Waals surface area contributed by atoms with Crippen LogP contribution >= 0.6 is 0 Å². The predicted molar refractivity (Wildman–Crippen MR) is 175 cm³/mol. The highest BCUT2D eigenvalue weighted by Crippen LogP contribution is 2.30. The Kier molecular flexibility index (Phi) is 9.96. The lowest BCUT2D eigenvalue weighted by molar-refractivity contribution is -0.137. The molecule has 0 aliphatic carbocycles. The predicted octanol–water partition coefficient (Wildman–Crippen LogP) is 5.06. The molecule has 2 N–H and O–H groups in total. The van der Waals surface area contributed by atoms with Crippen LogP contribution in [0.15, 0.2) is 82.1 Å². The minimum Gasteiger partial charge on any atom is -0.457 e. The van der Waals surface area contributed by atoms with E-state index in [1.807, 2.05) is 17.0 Å². The molecule has 3 heterocycles. The topological polar surface area (TPSA) is 106 Å². The number of amides is 1. The Labute approximate surface area is 277 Å². The molecule has 0 saturated carbocycles. The van der Waals surface area contributed by atoms with Gasteiger partial charge in [0.15, 0.2) is 16.1 Å². The van der Waals surface area contributed by atoms with E-state index in [9.17, 15) is 31.5 Å². The number of piperazine rings is 1. The highest BCUT2D eigenvalue weighted by molar-refractivity contribution is 7.90. The summed E-state index contributed by atoms with van der Waals surface area (Å²) >= 11 is 0. The fraction of sp³-hybridized carbons (Fsp3) is 0.400. The van der Waals surface area contributed by atoms with Crippen molar-refractivity contribution in [1.29, 1.82) is 0 Å². The number of likely N-dealkylation sites (tertiary alicyclic amines) is 1. The summed E-state index contributed by atoms with van der Waals surface area (Å²) in [6.07, 6.45) is -2.66. The minimum atomic E-state index is -4.34. The number of aliphatic hydroxyl groups is 1. The summed E-state index contributed by atoms with van der Waals surface area (Å²) in [6, 6.07) is 19.2. The second-order valence-corrected chi connectivity index (χ2v) is 14.7. The molecule has 1 aromatic heterocycles. The number of piperidine rings is 1. The lowest BCUT2D eigenvalue weighted by atomic mass is 10.0. The fourth-order valence-electron chi connectivity index (χ4n) is 6.34. The Hall–Kier alpha value is -3.75. The first-order chi connectivity index (χ1) is 22.8. The van der Waals surface area contributed by atoms with Gasteiger partial charge in [-0.05, 0) is 85.6 Å². The van der Waals surface area contributed by atoms with Gasteiger partial charge in [-0.25, -0.2) is 8.42 Å². The monoisotopic (exact) mass is 684 g/mol. The number of halogens is 3. The molecule has 0 bridgehead atoms. The van der Waals surface area contributed by atoms with Crippen LogP contribution in [0.3, 0.4) is 0 Å². The Morgan fingerprint density at radius 3 is 2.04 bits per heavy atom. The Bertz CT molecular complexity index is 1830. The summed E-state index contributed by atoms with van der Waals surface area (Å²) in [4.78, 5) is 19.9. The highest BCUT2D eigenvalue weighted by Gasteiger charge is 2.30. The minimum absolute atomic E-state index is 0.0414. The number of rotatable bonds is 9. The second-order valence-electron chi connectivity index (χ2n) is 12.7. The number of aliphatic hydroxyl groups excluding tert-OH is 1. The smallest absolute Gasteiger partial charge is 0.416 e. The van der Waals surface area contributed by atoms with E-state index in [1.165, 1.54) is 18.4 Å². The third kappa shape index (κ3) is 8.27. The van der Waals surface area contributed by atoms with E-state index in [1.54, 1.807) is 36.4 Å². The van der Waals surface area contributed by atoms with Crippen molar-refractivity contribution in [2.45, 2.75) is 49.3 Å². The summed E-state index contributed by atoms with van der Waals surface area (Å²) in [5.74, 6) is 0.290. The zero-order valence-electron chi connectivity index (χ0n) is 26.6. The van der Waals surface area contributed by atoms with Crippen LogP contribution in [0.1, 0.15) is 51.9 Å². The van der Waals surface area contributed by atoms with Crippen LogP contribution < -0.4 is 5.32 Å². The van der Waals surface area contributed by atoms with E-state index < -0.39 is 27.8 Å². The van der Waals surface area contributed by atoms with Gasteiger partial charge in [0.05, 0.1) is 10.5 Å². The largest absolute Gasteiger partial charge is 0.457 e. The average molecular weight is 685 g/mol. The molecule has 1 atom stereocenters. The number of carbonyl (C=O) groups is 1. The second kappa shape index (κ2) is 14.0. The number of fused-ring (bicyclic) bond motifs is 1. The van der Waals surface area contributed by atoms with Gasteiger partial charge in [0, 0.05) is 62.5 Å². The standard InChI is InChI=1S/C35H39F3N4O5S/c1-48(45,46)30-9-4-25(5-10-30)23-41-16-18-42(19-17-41)34(44)26-6-11-31-27(20-26)21-32(47-31)33(43)39-29-12-14-40(15-13-29)22-24-2-7-28(8-3-24)35(36,37)38/h2-11,20-21,29,33,39,43H,12-19,22-23H2,1H3. The first kappa shape index (κ1) is 34.1. The molecule has 0 spiro atoms. The Balaban J connectivity index is 0.977. The Morgan fingerprint density at radius 2 is 1.46 bits per heavy atom. The van der Waals surface area contributed by atoms with Crippen molar-refractivity contribution in [3.63, 3.8) is 0 Å². The normalized spacial score (nSPS) is 18.0. The van der Waals surface area contributed by atoms with Gasteiger partial charge in [-0.3, -0.25) is 19.9 Å². The highest BCUT2D eigenvalue weighted by atomic mass is 32.2. The van der Waals surface area contributed by atoms with Crippen LogP contribution in [0.2, 0.25) is 0 Å². The summed E-state index contributed by atoms with van der Waals surface area (Å²) < 4.78 is 67.9. The van der Waals surface area contributed by atoms with Crippen molar-refractivity contribution in [2.24, 2.45) is 0 Å². The molecule has 2 aliphatic rings. The molecule has 3 aromatic carbocycles. The molecule has 4 aromatic rings. The van der Waals surface area contributed by atoms with Crippen LogP contribution in [-0.2, 0) is 29.1 Å². The van der Waals surface area contributed by atoms with Gasteiger partial charge in [0.1, 0.15) is 11.3 Å². The van der Waals surface area contributed by atoms with Gasteiger partial charge in [0.2, 0.25) is 0 Å². The number of hydrogen-bond acceptors (Lipinski definition) is 8. The molecular formula is C35H39F3N4O5S. The third-order valence-corrected chi connectivity index (χ3v) is 10.3. The summed E-state index contributed by atoms with van der Waals surface area (Å²) in [6.45, 7) is 5.26. The van der Waals surface area contributed by atoms with Crippen molar-refractivity contribution in [3.05, 3.63) is 101 Å². The maximum Gasteiger partial charge on any atom is 0.416 e. The number of sulfone groups is 1. The quantitative estimate of drug-likeness (QED) is 0.236. The lowest BCUT2D eigenvalue weighted by Gasteiger charge is -2.34. The maximum absolute atomic E-state index is 13.3. The molecule has 48 heavy (non-hydrogen) atoms. The fourth-order valence-corrected chi connectivity index (χ4v) is 6.97. The molecule has 2 fully saturated rings. The molecule has 9 nitrogen and oxygen atoms in total. The molecule has 0 radical (unpaired) electrons. The van der Waals surface area contributed by atoms with Gasteiger partial charge in [-0.2, -0.15) is 13.2 Å². The van der Waals surface area contributed by atoms with Crippen LogP contribution in [0.25, 0.3) is 11.0 Å². The van der Waals surface area contributed by atoms with Crippen LogP contribution in [0.5, 0.6) is 0 Å². The molecule has 1 unspecified atom stereocenters. The number of carbonyl (C=O) groups excluding carboxylic acids is 1. The SMILES string of the molecule is CS(=O)(=O)c1ccc(CN2CCN(C(=O)c3ccc4oc(C(O)NC5CCN(Cc6ccc(C(F)(F)F)cc6)CC5)cc4c3)CC2)cc1. The van der Waals surface area contributed by atoms with E-state index >= 15 is 0 Å². The average Bonchev–Trinajstić information content (AvgIpc) is 3.49. The molecule has 2 aliphatic heterocycles. The van der Waals surface area contributed by atoms with E-state index in [4.69, 9.17) is 4.42 Å². The number of nitrogens with zero attached hydrogens (tertiary/aromatic N) is 3. The molecule has 256 valence electrons. The van der Waals surface area contributed by atoms with Crippen molar-refractivity contribution >= 4 is 26.7 Å². The molecule has 1 amide bonds. The van der Waals surface area contributed by atoms with Gasteiger partial charge in [-0.15, -0.1) is 0 Å². The summed E-state index contributed by atoms with van der Waals surface area (Å²) in [5, 5.41) is 14.9. The molecule has 2 saturated heterocycles. The number of nitrogens with one attached hydrogen (secondary N) is 1. The number of furan rings is 1. The molecule has 13 heteroatoms. The van der Waals surface area contributed by atoms with E-state index in [0.717, 1.165) is 54.6 Å². The van der Waals surface area contributed by atoms with Crippen LogP contribution in [0.4, 0.5) is 13.2 Å². The van der Waals surface area contributed by atoms with Gasteiger partial charge < -0.3 is 14.4 Å². The first-order valence-electron chi connectivity index (χ1n) is 16.0. The zero-order chi connectivity index (χ0) is 34.1. The third-order valence-electron chi connectivity index (χ3n) is 9.14. The summed E-state index contributed by atoms with van der Waals surface area (Å²) in [5.41, 5.74) is 2.31. The maximum atomic E-state index is 13.3. The lowest BCUT2D eigenvalue weighted by Crippen LogP contribution is -2.48. The van der Waals surface area contributed by atoms with Crippen molar-refractivity contribution < 1.29 is 35.9 Å². The van der Waals surface area contributed by atoms with Crippen molar-refractivity contribution in [1.82, 2.24) is 20.0 Å². The van der Waals surface area contributed by atoms with Crippen molar-refractivity contribution in [3.8, 4) is 0 Å². The van der Waals surface area contributed by atoms with Crippen LogP contribution in [0, 0.1) is 0 Å². The number of benzene rings is 3. The Morgan fingerprint density at radius 1 is 0.875 bits per heavy atom. The molecular weight excluding hydrogens is 645 g/mol. The summed E-state index contributed by atoms with van der Waals surface area (Å²) in [7, 11) is -3.24. The van der Waals surface area contributed by atoms with E-state index in [-0.39, 0.29) is 11.9 Å². The van der Waals surface area contributed by atoms with Crippen molar-refractivity contribution in [2.75, 3.05) is 45.5 Å². The zero-order valence-corrected chi connectivity index (χ0v) is 27.4. The van der Waals surface area contributed by atoms with Gasteiger partial charge in [-0.1, -0.05) is 24.3 Å². The van der Waals surface area contributed by atoms with E-state index in [2.05, 4.69) is 15.1 Å². The van der Waals surface area contributed by atoms with Gasteiger partial charge in [0.25, 0.3) is 5.91 Å². The van der Waals surface area contributed by atoms with Crippen LogP contribution in [-0.4, -0.2) is 85.7 Å². The number of hydrogen-bond donors (Lipinski definition) is 2. The molecule has 6 rings (SSSR count). The van der Waals surface area contributed by atoms with E-state index in [0.29, 0.717) is 61.1 Å².